The van der Waals surface area contributed by atoms with E-state index in [1.807, 2.05) is 0 Å². The summed E-state index contributed by atoms with van der Waals surface area (Å²) in [5.41, 5.74) is 0. The van der Waals surface area contributed by atoms with Crippen LogP contribution in [0.2, 0.25) is 0 Å². The summed E-state index contributed by atoms with van der Waals surface area (Å²) in [5, 5.41) is 11.2. The highest BCUT2D eigenvalue weighted by Gasteiger charge is 2.21. The van der Waals surface area contributed by atoms with E-state index < -0.39 is 5.97 Å². The Morgan fingerprint density at radius 1 is 1.33 bits per heavy atom. The molecule has 0 atom stereocenters. The van der Waals surface area contributed by atoms with Crippen molar-refractivity contribution in [2.24, 2.45) is 5.92 Å². The topological polar surface area (TPSA) is 66.4 Å². The van der Waals surface area contributed by atoms with Crippen LogP contribution in [-0.4, -0.2) is 35.0 Å². The zero-order valence-corrected chi connectivity index (χ0v) is 9.52. The van der Waals surface area contributed by atoms with E-state index in [1.54, 1.807) is 0 Å². The van der Waals surface area contributed by atoms with Crippen molar-refractivity contribution in [2.45, 2.75) is 25.7 Å². The van der Waals surface area contributed by atoms with E-state index in [0.29, 0.717) is 12.3 Å². The van der Waals surface area contributed by atoms with Crippen molar-refractivity contribution < 1.29 is 14.7 Å². The third-order valence-corrected chi connectivity index (χ3v) is 3.44. The Labute approximate surface area is 93.8 Å². The molecule has 0 aromatic rings. The van der Waals surface area contributed by atoms with Crippen LogP contribution in [0.4, 0.5) is 0 Å². The van der Waals surface area contributed by atoms with Gasteiger partial charge in [0.05, 0.1) is 5.75 Å². The predicted octanol–water partition coefficient (Wildman–Crippen LogP) is 1.11. The second kappa shape index (κ2) is 6.71. The fourth-order valence-electron chi connectivity index (χ4n) is 1.74. The fraction of sp³-hybridized carbons (Fsp3) is 0.800. The molecule has 15 heavy (non-hydrogen) atoms. The molecule has 1 aliphatic rings. The Balaban J connectivity index is 1.99. The number of rotatable bonds is 6. The summed E-state index contributed by atoms with van der Waals surface area (Å²) < 4.78 is 0. The van der Waals surface area contributed by atoms with E-state index >= 15 is 0 Å². The van der Waals surface area contributed by atoms with Crippen LogP contribution < -0.4 is 5.32 Å². The minimum absolute atomic E-state index is 0.110. The van der Waals surface area contributed by atoms with Crippen LogP contribution in [0.5, 0.6) is 0 Å². The number of aliphatic carboxylic acids is 1. The van der Waals surface area contributed by atoms with Gasteiger partial charge < -0.3 is 10.4 Å². The molecule has 5 heteroatoms. The number of carboxylic acid groups (broad SMARTS) is 1. The van der Waals surface area contributed by atoms with Crippen LogP contribution in [0.3, 0.4) is 0 Å². The second-order valence-electron chi connectivity index (χ2n) is 3.72. The van der Waals surface area contributed by atoms with Crippen molar-refractivity contribution in [1.82, 2.24) is 5.32 Å². The predicted molar refractivity (Wildman–Crippen MR) is 59.9 cm³/mol. The van der Waals surface area contributed by atoms with Gasteiger partial charge in [-0.1, -0.05) is 12.8 Å². The van der Waals surface area contributed by atoms with Crippen molar-refractivity contribution in [3.63, 3.8) is 0 Å². The van der Waals surface area contributed by atoms with E-state index in [4.69, 9.17) is 5.11 Å². The fourth-order valence-corrected chi connectivity index (χ4v) is 2.30. The Morgan fingerprint density at radius 3 is 2.60 bits per heavy atom. The van der Waals surface area contributed by atoms with Crippen LogP contribution in [0.1, 0.15) is 25.7 Å². The van der Waals surface area contributed by atoms with Gasteiger partial charge in [0.15, 0.2) is 0 Å². The number of carbonyl (C=O) groups excluding carboxylic acids is 1. The molecule has 0 spiro atoms. The molecule has 0 heterocycles. The van der Waals surface area contributed by atoms with Gasteiger partial charge in [-0.2, -0.15) is 0 Å². The zero-order valence-electron chi connectivity index (χ0n) is 8.70. The molecular weight excluding hydrogens is 214 g/mol. The lowest BCUT2D eigenvalue weighted by Crippen LogP contribution is -2.31. The molecule has 86 valence electrons. The number of amides is 1. The number of nitrogens with one attached hydrogen (secondary N) is 1. The van der Waals surface area contributed by atoms with Gasteiger partial charge >= 0.3 is 5.97 Å². The van der Waals surface area contributed by atoms with Crippen LogP contribution in [0.25, 0.3) is 0 Å². The highest BCUT2D eigenvalue weighted by molar-refractivity contribution is 7.99. The third-order valence-electron chi connectivity index (χ3n) is 2.50. The molecule has 0 bridgehead atoms. The minimum Gasteiger partial charge on any atom is -0.481 e. The number of thioether (sulfide) groups is 1. The van der Waals surface area contributed by atoms with Crippen molar-refractivity contribution in [3.8, 4) is 0 Å². The Hall–Kier alpha value is -0.710. The van der Waals surface area contributed by atoms with Crippen LogP contribution in [0, 0.1) is 5.92 Å². The molecule has 1 rings (SSSR count). The average molecular weight is 231 g/mol. The monoisotopic (exact) mass is 231 g/mol. The standard InChI is InChI=1S/C10H17NO3S/c12-9(13)7-15-6-5-11-10(14)8-3-1-2-4-8/h8H,1-7H2,(H,11,14)(H,12,13). The van der Waals surface area contributed by atoms with Crippen molar-refractivity contribution in [1.29, 1.82) is 0 Å². The third kappa shape index (κ3) is 5.06. The second-order valence-corrected chi connectivity index (χ2v) is 4.82. The molecule has 4 nitrogen and oxygen atoms in total. The van der Waals surface area contributed by atoms with E-state index in [1.165, 1.54) is 11.8 Å². The molecule has 2 N–H and O–H groups in total. The van der Waals surface area contributed by atoms with Crippen LogP contribution in [0.15, 0.2) is 0 Å². The lowest BCUT2D eigenvalue weighted by atomic mass is 10.1. The van der Waals surface area contributed by atoms with E-state index in [-0.39, 0.29) is 17.6 Å². The van der Waals surface area contributed by atoms with Gasteiger partial charge in [-0.05, 0) is 12.8 Å². The maximum Gasteiger partial charge on any atom is 0.313 e. The largest absolute Gasteiger partial charge is 0.481 e. The molecule has 1 saturated carbocycles. The molecule has 1 fully saturated rings. The summed E-state index contributed by atoms with van der Waals surface area (Å²) in [6.07, 6.45) is 4.33. The Kier molecular flexibility index (Phi) is 5.53. The number of hydrogen-bond donors (Lipinski definition) is 2. The quantitative estimate of drug-likeness (QED) is 0.672. The van der Waals surface area contributed by atoms with Gasteiger partial charge in [0.25, 0.3) is 0 Å². The zero-order chi connectivity index (χ0) is 11.1. The molecule has 0 saturated heterocycles. The van der Waals surface area contributed by atoms with Gasteiger partial charge in [0.2, 0.25) is 5.91 Å². The average Bonchev–Trinajstić information content (AvgIpc) is 2.69. The molecule has 0 unspecified atom stereocenters. The molecule has 0 radical (unpaired) electrons. The number of carbonyl (C=O) groups is 2. The first-order valence-corrected chi connectivity index (χ1v) is 6.43. The van der Waals surface area contributed by atoms with E-state index in [0.717, 1.165) is 25.7 Å². The van der Waals surface area contributed by atoms with Crippen LogP contribution >= 0.6 is 11.8 Å². The lowest BCUT2D eigenvalue weighted by molar-refractivity contribution is -0.134. The summed E-state index contributed by atoms with van der Waals surface area (Å²) in [4.78, 5) is 21.7. The maximum absolute atomic E-state index is 11.5. The summed E-state index contributed by atoms with van der Waals surface area (Å²) in [6, 6.07) is 0. The first-order chi connectivity index (χ1) is 7.20. The van der Waals surface area contributed by atoms with E-state index in [2.05, 4.69) is 5.32 Å². The number of carboxylic acids is 1. The Morgan fingerprint density at radius 2 is 2.00 bits per heavy atom. The van der Waals surface area contributed by atoms with Gasteiger partial charge in [-0.15, -0.1) is 11.8 Å². The summed E-state index contributed by atoms with van der Waals surface area (Å²) in [5.74, 6) is 0.323. The maximum atomic E-state index is 11.5. The Bertz CT molecular complexity index is 227. The number of hydrogen-bond acceptors (Lipinski definition) is 3. The highest BCUT2D eigenvalue weighted by Crippen LogP contribution is 2.24. The molecular formula is C10H17NO3S. The van der Waals surface area contributed by atoms with Crippen LogP contribution in [-0.2, 0) is 9.59 Å². The molecule has 0 aromatic carbocycles. The normalized spacial score (nSPS) is 16.5. The van der Waals surface area contributed by atoms with Gasteiger partial charge in [-0.25, -0.2) is 0 Å². The summed E-state index contributed by atoms with van der Waals surface area (Å²) in [6.45, 7) is 0.577. The van der Waals surface area contributed by atoms with Gasteiger partial charge in [0, 0.05) is 18.2 Å². The minimum atomic E-state index is -0.804. The lowest BCUT2D eigenvalue weighted by Gasteiger charge is -2.09. The summed E-state index contributed by atoms with van der Waals surface area (Å²) >= 11 is 1.33. The smallest absolute Gasteiger partial charge is 0.313 e. The van der Waals surface area contributed by atoms with Gasteiger partial charge in [0.1, 0.15) is 0 Å². The first kappa shape index (κ1) is 12.4. The molecule has 0 aliphatic heterocycles. The molecule has 1 aliphatic carbocycles. The van der Waals surface area contributed by atoms with Crippen molar-refractivity contribution in [2.75, 3.05) is 18.1 Å². The van der Waals surface area contributed by atoms with Crippen molar-refractivity contribution >= 4 is 23.6 Å². The molecule has 1 amide bonds. The first-order valence-electron chi connectivity index (χ1n) is 5.27. The van der Waals surface area contributed by atoms with E-state index in [9.17, 15) is 9.59 Å². The summed E-state index contributed by atoms with van der Waals surface area (Å²) in [7, 11) is 0. The highest BCUT2D eigenvalue weighted by atomic mass is 32.2. The van der Waals surface area contributed by atoms with Crippen molar-refractivity contribution in [3.05, 3.63) is 0 Å². The van der Waals surface area contributed by atoms with Gasteiger partial charge in [-0.3, -0.25) is 9.59 Å². The molecule has 0 aromatic heterocycles. The SMILES string of the molecule is O=C(O)CSCCNC(=O)C1CCCC1.